The average molecular weight is 222 g/mol. The zero-order valence-corrected chi connectivity index (χ0v) is 10.1. The van der Waals surface area contributed by atoms with Crippen molar-refractivity contribution in [3.63, 3.8) is 0 Å². The van der Waals surface area contributed by atoms with Crippen molar-refractivity contribution < 1.29 is 4.79 Å². The van der Waals surface area contributed by atoms with Crippen LogP contribution < -0.4 is 5.32 Å². The zero-order valence-electron chi connectivity index (χ0n) is 9.33. The van der Waals surface area contributed by atoms with Crippen molar-refractivity contribution in [2.75, 3.05) is 5.32 Å². The van der Waals surface area contributed by atoms with E-state index in [1.807, 2.05) is 45.0 Å². The molecule has 0 spiro atoms. The monoisotopic (exact) mass is 222 g/mol. The van der Waals surface area contributed by atoms with Crippen LogP contribution in [0.25, 0.3) is 0 Å². The molecule has 0 fully saturated rings. The highest BCUT2D eigenvalue weighted by molar-refractivity contribution is 7.80. The minimum Gasteiger partial charge on any atom is -0.324 e. The van der Waals surface area contributed by atoms with Gasteiger partial charge in [0, 0.05) is 5.41 Å². The molecule has 0 heterocycles. The van der Waals surface area contributed by atoms with Gasteiger partial charge in [0.1, 0.15) is 0 Å². The van der Waals surface area contributed by atoms with Gasteiger partial charge >= 0.3 is 0 Å². The van der Waals surface area contributed by atoms with Crippen LogP contribution in [0.1, 0.15) is 27.2 Å². The highest BCUT2D eigenvalue weighted by Gasteiger charge is 2.25. The Morgan fingerprint density at radius 1 is 1.40 bits per heavy atom. The molecule has 0 saturated heterocycles. The molecule has 3 heteroatoms. The smallest absolute Gasteiger partial charge is 0.230 e. The topological polar surface area (TPSA) is 29.1 Å². The Kier molecular flexibility index (Phi) is 3.69. The first-order valence-corrected chi connectivity index (χ1v) is 5.45. The van der Waals surface area contributed by atoms with Gasteiger partial charge in [-0.3, -0.25) is 4.79 Å². The molecule has 0 aromatic heterocycles. The summed E-state index contributed by atoms with van der Waals surface area (Å²) >= 11 is 5.11. The summed E-state index contributed by atoms with van der Waals surface area (Å²) in [6.07, 6.45) is 0.804. The van der Waals surface area contributed by atoms with E-state index in [1.165, 1.54) is 0 Å². The summed E-state index contributed by atoms with van der Waals surface area (Å²) in [4.78, 5) is 12.5. The van der Waals surface area contributed by atoms with Crippen LogP contribution in [-0.2, 0) is 4.79 Å². The normalized spacial score (nSPS) is 11.1. The lowest BCUT2D eigenvalue weighted by Gasteiger charge is -2.21. The van der Waals surface area contributed by atoms with Crippen molar-refractivity contribution in [3.8, 4) is 0 Å². The van der Waals surface area contributed by atoms with Gasteiger partial charge in [0.05, 0.1) is 10.6 Å². The maximum atomic E-state index is 11.9. The second-order valence-electron chi connectivity index (χ2n) is 4.19. The van der Waals surface area contributed by atoms with Crippen molar-refractivity contribution in [3.05, 3.63) is 24.3 Å². The number of benzene rings is 1. The lowest BCUT2D eigenvalue weighted by molar-refractivity contribution is -0.124. The van der Waals surface area contributed by atoms with Gasteiger partial charge in [-0.25, -0.2) is 0 Å². The van der Waals surface area contributed by atoms with E-state index < -0.39 is 0 Å². The molecule has 0 bridgehead atoms. The third kappa shape index (κ3) is 2.93. The van der Waals surface area contributed by atoms with Crippen molar-refractivity contribution in [2.24, 2.45) is 5.41 Å². The average Bonchev–Trinajstić information content (AvgIpc) is 2.21. The van der Waals surface area contributed by atoms with Crippen LogP contribution >= 0.6 is 12.6 Å². The van der Waals surface area contributed by atoms with Crippen molar-refractivity contribution >= 4 is 24.2 Å². The fourth-order valence-electron chi connectivity index (χ4n) is 1.02. The van der Waals surface area contributed by atoms with Gasteiger partial charge < -0.3 is 5.32 Å². The maximum Gasteiger partial charge on any atom is 0.230 e. The first-order chi connectivity index (χ1) is 6.97. The Labute approximate surface area is 96.5 Å². The number of anilines is 1. The predicted octanol–water partition coefficient (Wildman–Crippen LogP) is 3.62. The Balaban J connectivity index is 2.80. The summed E-state index contributed by atoms with van der Waals surface area (Å²) in [6.45, 7) is 5.85. The van der Waals surface area contributed by atoms with E-state index in [-0.39, 0.29) is 11.3 Å². The van der Waals surface area contributed by atoms with Gasteiger partial charge in [0.25, 0.3) is 0 Å². The van der Waals surface area contributed by atoms with Crippen molar-refractivity contribution in [1.29, 1.82) is 0 Å². The molecule has 81 valence electrons. The van der Waals surface area contributed by atoms with Crippen LogP contribution in [0.4, 0.5) is 5.69 Å². The highest BCUT2D eigenvalue weighted by Crippen LogP contribution is 2.25. The van der Waals surface area contributed by atoms with Crippen LogP contribution in [0.15, 0.2) is 29.2 Å². The van der Waals surface area contributed by atoms with Gasteiger partial charge in [-0.05, 0) is 18.6 Å². The van der Waals surface area contributed by atoms with Gasteiger partial charge in [-0.2, -0.15) is 0 Å². The maximum absolute atomic E-state index is 11.9. The minimum absolute atomic E-state index is 0.0160. The summed E-state index contributed by atoms with van der Waals surface area (Å²) in [6, 6.07) is 7.36. The Morgan fingerprint density at radius 2 is 2.00 bits per heavy atom. The molecule has 0 atom stereocenters. The number of carbonyl (C=O) groups excluding carboxylic acids is 1. The SMILES string of the molecule is CCC(C)(C)C(=O)Nc1ccccc1[S]. The zero-order chi connectivity index (χ0) is 11.5. The molecule has 0 aliphatic heterocycles. The van der Waals surface area contributed by atoms with E-state index in [1.54, 1.807) is 0 Å². The van der Waals surface area contributed by atoms with Gasteiger partial charge in [-0.15, -0.1) is 0 Å². The second-order valence-corrected chi connectivity index (χ2v) is 4.63. The Morgan fingerprint density at radius 3 is 2.53 bits per heavy atom. The summed E-state index contributed by atoms with van der Waals surface area (Å²) in [5.41, 5.74) is 0.372. The second kappa shape index (κ2) is 4.62. The molecule has 1 N–H and O–H groups in total. The molecule has 0 unspecified atom stereocenters. The first kappa shape index (κ1) is 12.0. The summed E-state index contributed by atoms with van der Waals surface area (Å²) in [5.74, 6) is 0.0160. The molecule has 1 aromatic rings. The minimum atomic E-state index is -0.350. The number of para-hydroxylation sites is 1. The lowest BCUT2D eigenvalue weighted by atomic mass is 9.89. The molecule has 1 amide bonds. The molecular weight excluding hydrogens is 206 g/mol. The molecule has 15 heavy (non-hydrogen) atoms. The predicted molar refractivity (Wildman–Crippen MR) is 65.0 cm³/mol. The van der Waals surface area contributed by atoms with E-state index in [0.717, 1.165) is 12.1 Å². The Bertz CT molecular complexity index is 360. The molecule has 0 aliphatic carbocycles. The fraction of sp³-hybridized carbons (Fsp3) is 0.417. The van der Waals surface area contributed by atoms with Gasteiger partial charge in [0.15, 0.2) is 0 Å². The lowest BCUT2D eigenvalue weighted by Crippen LogP contribution is -2.30. The fourth-order valence-corrected chi connectivity index (χ4v) is 1.22. The van der Waals surface area contributed by atoms with E-state index in [2.05, 4.69) is 5.32 Å². The van der Waals surface area contributed by atoms with Gasteiger partial charge in [0.2, 0.25) is 5.91 Å². The molecule has 1 aromatic carbocycles. The standard InChI is InChI=1S/C12H16NOS/c1-4-12(2,3)11(14)13-9-7-5-6-8-10(9)15/h5-8H,4H2,1-3H3,(H,13,14). The largest absolute Gasteiger partial charge is 0.324 e. The third-order valence-electron chi connectivity index (χ3n) is 2.63. The number of nitrogens with one attached hydrogen (secondary N) is 1. The molecule has 0 saturated carbocycles. The summed E-state index contributed by atoms with van der Waals surface area (Å²) in [7, 11) is 0. The molecular formula is C12H16NOS. The summed E-state index contributed by atoms with van der Waals surface area (Å²) < 4.78 is 0. The van der Waals surface area contributed by atoms with Crippen LogP contribution in [0.3, 0.4) is 0 Å². The molecule has 2 nitrogen and oxygen atoms in total. The van der Waals surface area contributed by atoms with E-state index >= 15 is 0 Å². The van der Waals surface area contributed by atoms with Crippen molar-refractivity contribution in [2.45, 2.75) is 32.1 Å². The number of hydrogen-bond acceptors (Lipinski definition) is 1. The third-order valence-corrected chi connectivity index (χ3v) is 2.99. The number of rotatable bonds is 3. The van der Waals surface area contributed by atoms with E-state index in [4.69, 9.17) is 12.6 Å². The number of hydrogen-bond donors (Lipinski definition) is 1. The van der Waals surface area contributed by atoms with E-state index in [9.17, 15) is 4.79 Å². The van der Waals surface area contributed by atoms with Gasteiger partial charge in [-0.1, -0.05) is 45.5 Å². The van der Waals surface area contributed by atoms with Crippen LogP contribution in [-0.4, -0.2) is 5.91 Å². The summed E-state index contributed by atoms with van der Waals surface area (Å²) in [5, 5.41) is 2.86. The Hall–Kier alpha value is -1.09. The van der Waals surface area contributed by atoms with E-state index in [0.29, 0.717) is 4.90 Å². The molecule has 1 radical (unpaired) electrons. The quantitative estimate of drug-likeness (QED) is 0.831. The van der Waals surface area contributed by atoms with Crippen LogP contribution in [0, 0.1) is 5.41 Å². The molecule has 0 aliphatic rings. The van der Waals surface area contributed by atoms with Crippen LogP contribution in [0.2, 0.25) is 0 Å². The number of carbonyl (C=O) groups is 1. The number of amides is 1. The van der Waals surface area contributed by atoms with Crippen molar-refractivity contribution in [1.82, 2.24) is 0 Å². The molecule has 1 rings (SSSR count). The van der Waals surface area contributed by atoms with Crippen LogP contribution in [0.5, 0.6) is 0 Å². The first-order valence-electron chi connectivity index (χ1n) is 5.05. The highest BCUT2D eigenvalue weighted by atomic mass is 32.1.